The van der Waals surface area contributed by atoms with E-state index in [-0.39, 0.29) is 6.42 Å². The fraction of sp³-hybridized carbons (Fsp3) is 0.417. The van der Waals surface area contributed by atoms with Gasteiger partial charge in [0.15, 0.2) is 0 Å². The minimum Gasteiger partial charge on any atom is -0.496 e. The Morgan fingerprint density at radius 2 is 2.06 bits per heavy atom. The smallest absolute Gasteiger partial charge is 0.320 e. The number of aliphatic carboxylic acids is 1. The minimum absolute atomic E-state index is 0.170. The predicted octanol–water partition coefficient (Wildman–Crippen LogP) is 0.967. The molecule has 94 valence electrons. The number of hydrogen-bond donors (Lipinski definition) is 2. The largest absolute Gasteiger partial charge is 0.496 e. The van der Waals surface area contributed by atoms with Gasteiger partial charge in [-0.15, -0.1) is 0 Å². The van der Waals surface area contributed by atoms with Gasteiger partial charge >= 0.3 is 5.97 Å². The van der Waals surface area contributed by atoms with E-state index in [1.54, 1.807) is 6.07 Å². The van der Waals surface area contributed by atoms with Crippen molar-refractivity contribution in [3.63, 3.8) is 0 Å². The van der Waals surface area contributed by atoms with Crippen LogP contribution in [0.4, 0.5) is 0 Å². The SMILES string of the molecule is COc1ccc(C)c(OC)c1CC(N)C(=O)O. The van der Waals surface area contributed by atoms with E-state index in [0.29, 0.717) is 17.1 Å². The molecule has 5 heteroatoms. The molecule has 17 heavy (non-hydrogen) atoms. The van der Waals surface area contributed by atoms with Crippen LogP contribution < -0.4 is 15.2 Å². The molecule has 0 bridgehead atoms. The third kappa shape index (κ3) is 2.88. The van der Waals surface area contributed by atoms with Gasteiger partial charge in [-0.3, -0.25) is 4.79 Å². The molecule has 0 radical (unpaired) electrons. The first-order chi connectivity index (χ1) is 8.01. The first kappa shape index (κ1) is 13.3. The number of methoxy groups -OCH3 is 2. The average molecular weight is 239 g/mol. The van der Waals surface area contributed by atoms with E-state index in [1.807, 2.05) is 13.0 Å². The van der Waals surface area contributed by atoms with E-state index in [1.165, 1.54) is 14.2 Å². The Balaban J connectivity index is 3.18. The normalized spacial score (nSPS) is 12.0. The highest BCUT2D eigenvalue weighted by molar-refractivity contribution is 5.74. The van der Waals surface area contributed by atoms with Crippen LogP contribution in [0.5, 0.6) is 11.5 Å². The highest BCUT2D eigenvalue weighted by Gasteiger charge is 2.19. The molecule has 1 rings (SSSR count). The summed E-state index contributed by atoms with van der Waals surface area (Å²) in [5.41, 5.74) is 7.14. The fourth-order valence-electron chi connectivity index (χ4n) is 1.70. The molecule has 0 spiro atoms. The summed E-state index contributed by atoms with van der Waals surface area (Å²) in [6, 6.07) is 2.66. The standard InChI is InChI=1S/C12H17NO4/c1-7-4-5-10(16-2)8(11(7)17-3)6-9(13)12(14)15/h4-5,9H,6,13H2,1-3H3,(H,14,15). The van der Waals surface area contributed by atoms with Crippen molar-refractivity contribution in [2.45, 2.75) is 19.4 Å². The highest BCUT2D eigenvalue weighted by Crippen LogP contribution is 2.32. The van der Waals surface area contributed by atoms with Gasteiger partial charge in [0.1, 0.15) is 17.5 Å². The van der Waals surface area contributed by atoms with Crippen LogP contribution in [0, 0.1) is 6.92 Å². The third-order valence-electron chi connectivity index (χ3n) is 2.58. The Bertz CT molecular complexity index is 417. The molecule has 0 saturated carbocycles. The molecular weight excluding hydrogens is 222 g/mol. The van der Waals surface area contributed by atoms with Crippen LogP contribution in [0.15, 0.2) is 12.1 Å². The van der Waals surface area contributed by atoms with Crippen LogP contribution in [-0.2, 0) is 11.2 Å². The molecule has 1 aromatic rings. The lowest BCUT2D eigenvalue weighted by Gasteiger charge is -2.16. The maximum atomic E-state index is 10.8. The van der Waals surface area contributed by atoms with Crippen molar-refractivity contribution < 1.29 is 19.4 Å². The zero-order valence-corrected chi connectivity index (χ0v) is 10.2. The molecule has 0 fully saturated rings. The third-order valence-corrected chi connectivity index (χ3v) is 2.58. The quantitative estimate of drug-likeness (QED) is 0.800. The molecule has 0 amide bonds. The van der Waals surface area contributed by atoms with E-state index < -0.39 is 12.0 Å². The molecule has 1 aromatic carbocycles. The maximum Gasteiger partial charge on any atom is 0.320 e. The first-order valence-corrected chi connectivity index (χ1v) is 5.20. The number of carboxylic acid groups (broad SMARTS) is 1. The molecule has 0 aliphatic heterocycles. The second-order valence-corrected chi connectivity index (χ2v) is 3.75. The summed E-state index contributed by atoms with van der Waals surface area (Å²) in [4.78, 5) is 10.8. The van der Waals surface area contributed by atoms with Crippen molar-refractivity contribution in [3.8, 4) is 11.5 Å². The molecule has 5 nitrogen and oxygen atoms in total. The van der Waals surface area contributed by atoms with Gasteiger partial charge in [0.25, 0.3) is 0 Å². The van der Waals surface area contributed by atoms with Gasteiger partial charge in [0.05, 0.1) is 14.2 Å². The van der Waals surface area contributed by atoms with Crippen LogP contribution >= 0.6 is 0 Å². The molecule has 0 aliphatic carbocycles. The molecule has 0 saturated heterocycles. The Hall–Kier alpha value is -1.75. The zero-order valence-electron chi connectivity index (χ0n) is 10.2. The van der Waals surface area contributed by atoms with E-state index >= 15 is 0 Å². The predicted molar refractivity (Wildman–Crippen MR) is 63.6 cm³/mol. The monoisotopic (exact) mass is 239 g/mol. The van der Waals surface area contributed by atoms with E-state index in [0.717, 1.165) is 5.56 Å². The van der Waals surface area contributed by atoms with Crippen LogP contribution in [0.3, 0.4) is 0 Å². The second kappa shape index (κ2) is 5.54. The van der Waals surface area contributed by atoms with Crippen LogP contribution in [0.25, 0.3) is 0 Å². The molecule has 0 aromatic heterocycles. The zero-order chi connectivity index (χ0) is 13.0. The van der Waals surface area contributed by atoms with Crippen molar-refractivity contribution in [2.24, 2.45) is 5.73 Å². The number of carboxylic acids is 1. The van der Waals surface area contributed by atoms with E-state index in [2.05, 4.69) is 0 Å². The summed E-state index contributed by atoms with van der Waals surface area (Å²) < 4.78 is 10.5. The number of carbonyl (C=O) groups is 1. The maximum absolute atomic E-state index is 10.8. The lowest BCUT2D eigenvalue weighted by molar-refractivity contribution is -0.138. The van der Waals surface area contributed by atoms with Crippen molar-refractivity contribution in [1.29, 1.82) is 0 Å². The van der Waals surface area contributed by atoms with E-state index in [9.17, 15) is 4.79 Å². The summed E-state index contributed by atoms with van der Waals surface area (Å²) in [6.45, 7) is 1.88. The Labute approximate surface area is 100 Å². The summed E-state index contributed by atoms with van der Waals surface area (Å²) in [7, 11) is 3.07. The van der Waals surface area contributed by atoms with E-state index in [4.69, 9.17) is 20.3 Å². The topological polar surface area (TPSA) is 81.8 Å². The molecule has 3 N–H and O–H groups in total. The number of hydrogen-bond acceptors (Lipinski definition) is 4. The van der Waals surface area contributed by atoms with Gasteiger partial charge < -0.3 is 20.3 Å². The van der Waals surface area contributed by atoms with Gasteiger partial charge in [0, 0.05) is 12.0 Å². The lowest BCUT2D eigenvalue weighted by atomic mass is 10.0. The summed E-state index contributed by atoms with van der Waals surface area (Å²) in [5.74, 6) is 0.167. The molecule has 0 aliphatic rings. The Morgan fingerprint density at radius 3 is 2.53 bits per heavy atom. The molecule has 1 atom stereocenters. The number of benzene rings is 1. The van der Waals surface area contributed by atoms with Crippen LogP contribution in [-0.4, -0.2) is 31.3 Å². The highest BCUT2D eigenvalue weighted by atomic mass is 16.5. The summed E-state index contributed by atoms with van der Waals surface area (Å²) >= 11 is 0. The minimum atomic E-state index is -1.05. The molecule has 0 heterocycles. The fourth-order valence-corrected chi connectivity index (χ4v) is 1.70. The summed E-state index contributed by atoms with van der Waals surface area (Å²) in [6.07, 6.45) is 0.170. The van der Waals surface area contributed by atoms with Gasteiger partial charge in [-0.2, -0.15) is 0 Å². The first-order valence-electron chi connectivity index (χ1n) is 5.20. The Kier molecular flexibility index (Phi) is 4.34. The van der Waals surface area contributed by atoms with Crippen LogP contribution in [0.2, 0.25) is 0 Å². The van der Waals surface area contributed by atoms with Gasteiger partial charge in [0.2, 0.25) is 0 Å². The summed E-state index contributed by atoms with van der Waals surface area (Å²) in [5, 5.41) is 8.83. The van der Waals surface area contributed by atoms with Gasteiger partial charge in [-0.05, 0) is 18.6 Å². The lowest BCUT2D eigenvalue weighted by Crippen LogP contribution is -2.32. The number of rotatable bonds is 5. The molecular formula is C12H17NO4. The number of aryl methyl sites for hydroxylation is 1. The van der Waals surface area contributed by atoms with Crippen molar-refractivity contribution in [2.75, 3.05) is 14.2 Å². The number of ether oxygens (including phenoxy) is 2. The molecule has 1 unspecified atom stereocenters. The average Bonchev–Trinajstić information content (AvgIpc) is 2.29. The van der Waals surface area contributed by atoms with Crippen molar-refractivity contribution in [3.05, 3.63) is 23.3 Å². The van der Waals surface area contributed by atoms with Crippen molar-refractivity contribution >= 4 is 5.97 Å². The second-order valence-electron chi connectivity index (χ2n) is 3.75. The number of nitrogens with two attached hydrogens (primary N) is 1. The van der Waals surface area contributed by atoms with Crippen LogP contribution in [0.1, 0.15) is 11.1 Å². The van der Waals surface area contributed by atoms with Gasteiger partial charge in [-0.25, -0.2) is 0 Å². The Morgan fingerprint density at radius 1 is 1.41 bits per heavy atom. The van der Waals surface area contributed by atoms with Gasteiger partial charge in [-0.1, -0.05) is 6.07 Å². The van der Waals surface area contributed by atoms with Crippen molar-refractivity contribution in [1.82, 2.24) is 0 Å².